The highest BCUT2D eigenvalue weighted by molar-refractivity contribution is 5.85. The van der Waals surface area contributed by atoms with Crippen LogP contribution in [-0.2, 0) is 4.79 Å². The summed E-state index contributed by atoms with van der Waals surface area (Å²) in [5.74, 6) is 2.22. The van der Waals surface area contributed by atoms with Crippen LogP contribution in [0.4, 0.5) is 0 Å². The molecule has 0 aromatic heterocycles. The van der Waals surface area contributed by atoms with E-state index in [0.29, 0.717) is 18.1 Å². The fourth-order valence-electron chi connectivity index (χ4n) is 5.08. The minimum absolute atomic E-state index is 0.112. The van der Waals surface area contributed by atoms with Gasteiger partial charge in [-0.25, -0.2) is 0 Å². The predicted octanol–water partition coefficient (Wildman–Crippen LogP) is 8.96. The highest BCUT2D eigenvalue weighted by Crippen LogP contribution is 2.38. The van der Waals surface area contributed by atoms with Crippen LogP contribution in [-0.4, -0.2) is 5.97 Å². The summed E-state index contributed by atoms with van der Waals surface area (Å²) in [7, 11) is 0. The Kier molecular flexibility index (Phi) is 9.90. The molecule has 2 heteroatoms. The van der Waals surface area contributed by atoms with Crippen LogP contribution in [0.3, 0.4) is 0 Å². The molecule has 2 aromatic rings. The zero-order chi connectivity index (χ0) is 21.9. The van der Waals surface area contributed by atoms with E-state index in [-0.39, 0.29) is 5.97 Å². The van der Waals surface area contributed by atoms with E-state index in [4.69, 9.17) is 4.74 Å². The number of fused-ring (bicyclic) bond motifs is 1. The molecule has 0 unspecified atom stereocenters. The van der Waals surface area contributed by atoms with Crippen molar-refractivity contribution in [3.05, 3.63) is 42.0 Å². The van der Waals surface area contributed by atoms with Crippen LogP contribution in [0.1, 0.15) is 115 Å². The lowest BCUT2D eigenvalue weighted by atomic mass is 9.77. The Morgan fingerprint density at radius 2 is 1.48 bits per heavy atom. The molecule has 0 N–H and O–H groups in total. The molecule has 1 aliphatic carbocycles. The summed E-state index contributed by atoms with van der Waals surface area (Å²) in [6.07, 6.45) is 17.3. The Balaban J connectivity index is 1.50. The number of esters is 1. The van der Waals surface area contributed by atoms with Gasteiger partial charge in [0.05, 0.1) is 0 Å². The second-order valence-corrected chi connectivity index (χ2v) is 9.62. The largest absolute Gasteiger partial charge is 0.427 e. The van der Waals surface area contributed by atoms with Crippen molar-refractivity contribution in [1.29, 1.82) is 0 Å². The summed E-state index contributed by atoms with van der Waals surface area (Å²) in [6, 6.07) is 12.9. The van der Waals surface area contributed by atoms with Gasteiger partial charge >= 0.3 is 5.97 Å². The van der Waals surface area contributed by atoms with Crippen LogP contribution in [0.25, 0.3) is 10.8 Å². The van der Waals surface area contributed by atoms with Crippen LogP contribution in [0.2, 0.25) is 0 Å². The van der Waals surface area contributed by atoms with Crippen molar-refractivity contribution in [1.82, 2.24) is 0 Å². The van der Waals surface area contributed by atoms with Gasteiger partial charge in [-0.2, -0.15) is 0 Å². The van der Waals surface area contributed by atoms with Gasteiger partial charge in [-0.15, -0.1) is 0 Å². The maximum Gasteiger partial charge on any atom is 0.311 e. The number of carbonyl (C=O) groups excluding carboxylic acids is 1. The number of hydrogen-bond acceptors (Lipinski definition) is 2. The predicted molar refractivity (Wildman–Crippen MR) is 132 cm³/mol. The summed E-state index contributed by atoms with van der Waals surface area (Å²) in [4.78, 5) is 12.1. The summed E-state index contributed by atoms with van der Waals surface area (Å²) in [5.41, 5.74) is 1.48. The molecule has 0 amide bonds. The lowest BCUT2D eigenvalue weighted by Crippen LogP contribution is -2.13. The summed E-state index contributed by atoms with van der Waals surface area (Å²) >= 11 is 0. The maximum absolute atomic E-state index is 12.1. The molecule has 0 atom stereocenters. The number of rotatable bonds is 12. The van der Waals surface area contributed by atoms with Gasteiger partial charge in [0.1, 0.15) is 5.75 Å². The first-order valence-corrected chi connectivity index (χ1v) is 12.9. The van der Waals surface area contributed by atoms with Crippen molar-refractivity contribution in [2.75, 3.05) is 0 Å². The first kappa shape index (κ1) is 23.8. The van der Waals surface area contributed by atoms with Gasteiger partial charge in [0, 0.05) is 6.42 Å². The second-order valence-electron chi connectivity index (χ2n) is 9.62. The number of hydrogen-bond donors (Lipinski definition) is 0. The number of benzene rings is 2. The second kappa shape index (κ2) is 12.9. The number of unbranched alkanes of at least 4 members (excludes halogenated alkanes) is 6. The van der Waals surface area contributed by atoms with Crippen molar-refractivity contribution in [3.8, 4) is 5.75 Å². The van der Waals surface area contributed by atoms with E-state index >= 15 is 0 Å². The van der Waals surface area contributed by atoms with Crippen molar-refractivity contribution < 1.29 is 9.53 Å². The van der Waals surface area contributed by atoms with Crippen LogP contribution in [0.15, 0.2) is 36.4 Å². The van der Waals surface area contributed by atoms with Gasteiger partial charge in [0.2, 0.25) is 0 Å². The van der Waals surface area contributed by atoms with Gasteiger partial charge in [0.25, 0.3) is 0 Å². The van der Waals surface area contributed by atoms with Crippen LogP contribution in [0, 0.1) is 5.92 Å². The monoisotopic (exact) mass is 422 g/mol. The molecule has 3 rings (SSSR count). The highest BCUT2D eigenvalue weighted by Gasteiger charge is 2.22. The van der Waals surface area contributed by atoms with E-state index in [9.17, 15) is 4.79 Å². The molecule has 2 aromatic carbocycles. The third kappa shape index (κ3) is 7.66. The molecule has 2 nitrogen and oxygen atoms in total. The van der Waals surface area contributed by atoms with Gasteiger partial charge < -0.3 is 4.74 Å². The van der Waals surface area contributed by atoms with E-state index in [0.717, 1.165) is 24.1 Å². The van der Waals surface area contributed by atoms with E-state index < -0.39 is 0 Å². The molecule has 0 bridgehead atoms. The van der Waals surface area contributed by atoms with Gasteiger partial charge in [-0.3, -0.25) is 4.79 Å². The van der Waals surface area contributed by atoms with Crippen molar-refractivity contribution in [2.24, 2.45) is 5.92 Å². The lowest BCUT2D eigenvalue weighted by molar-refractivity contribution is -0.134. The smallest absolute Gasteiger partial charge is 0.311 e. The Morgan fingerprint density at radius 1 is 0.806 bits per heavy atom. The van der Waals surface area contributed by atoms with E-state index in [1.165, 1.54) is 81.6 Å². The standard InChI is InChI=1S/C29H42O2/c1-3-5-7-9-11-23-13-15-24(16-14-23)25-17-18-27-22-28(20-19-26(27)21-25)31-29(30)12-10-8-6-4-2/h17-24H,3-16H2,1-2H3. The first-order chi connectivity index (χ1) is 15.2. The third-order valence-electron chi connectivity index (χ3n) is 7.09. The van der Waals surface area contributed by atoms with Crippen LogP contribution < -0.4 is 4.74 Å². The molecule has 1 fully saturated rings. The summed E-state index contributed by atoms with van der Waals surface area (Å²) < 4.78 is 5.57. The maximum atomic E-state index is 12.1. The number of ether oxygens (including phenoxy) is 1. The molecule has 0 spiro atoms. The third-order valence-corrected chi connectivity index (χ3v) is 7.09. The molecule has 0 radical (unpaired) electrons. The number of carbonyl (C=O) groups is 1. The van der Waals surface area contributed by atoms with Gasteiger partial charge in [-0.05, 0) is 72.4 Å². The highest BCUT2D eigenvalue weighted by atomic mass is 16.5. The van der Waals surface area contributed by atoms with Gasteiger partial charge in [-0.1, -0.05) is 89.5 Å². The normalized spacial score (nSPS) is 18.9. The lowest BCUT2D eigenvalue weighted by Gasteiger charge is -2.29. The van der Waals surface area contributed by atoms with E-state index in [1.807, 2.05) is 12.1 Å². The molecule has 0 heterocycles. The van der Waals surface area contributed by atoms with Gasteiger partial charge in [0.15, 0.2) is 0 Å². The molecule has 0 saturated heterocycles. The Labute approximate surface area is 189 Å². The minimum atomic E-state index is -0.112. The summed E-state index contributed by atoms with van der Waals surface area (Å²) in [5, 5.41) is 2.41. The molecule has 1 aliphatic rings. The average Bonchev–Trinajstić information content (AvgIpc) is 2.80. The fourth-order valence-corrected chi connectivity index (χ4v) is 5.08. The van der Waals surface area contributed by atoms with Crippen LogP contribution >= 0.6 is 0 Å². The molecular formula is C29H42O2. The quantitative estimate of drug-likeness (QED) is 0.194. The van der Waals surface area contributed by atoms with E-state index in [1.54, 1.807) is 0 Å². The zero-order valence-electron chi connectivity index (χ0n) is 19.8. The topological polar surface area (TPSA) is 26.3 Å². The molecule has 1 saturated carbocycles. The molecule has 170 valence electrons. The molecule has 0 aliphatic heterocycles. The average molecular weight is 423 g/mol. The minimum Gasteiger partial charge on any atom is -0.427 e. The van der Waals surface area contributed by atoms with E-state index in [2.05, 4.69) is 38.1 Å². The fraction of sp³-hybridized carbons (Fsp3) is 0.621. The Hall–Kier alpha value is -1.83. The summed E-state index contributed by atoms with van der Waals surface area (Å²) in [6.45, 7) is 4.47. The van der Waals surface area contributed by atoms with Crippen molar-refractivity contribution in [3.63, 3.8) is 0 Å². The zero-order valence-corrected chi connectivity index (χ0v) is 19.8. The van der Waals surface area contributed by atoms with Crippen molar-refractivity contribution >= 4 is 16.7 Å². The molecule has 31 heavy (non-hydrogen) atoms. The SMILES string of the molecule is CCCCCCC(=O)Oc1ccc2cc(C3CCC(CCCCCC)CC3)ccc2c1. The van der Waals surface area contributed by atoms with Crippen molar-refractivity contribution in [2.45, 2.75) is 110 Å². The Bertz CT molecular complexity index is 801. The van der Waals surface area contributed by atoms with Crippen LogP contribution in [0.5, 0.6) is 5.75 Å². The molecular weight excluding hydrogens is 380 g/mol. The Morgan fingerprint density at radius 3 is 2.23 bits per heavy atom. The first-order valence-electron chi connectivity index (χ1n) is 12.9.